The lowest BCUT2D eigenvalue weighted by Gasteiger charge is -2.27. The Balaban J connectivity index is 1.09. The topological polar surface area (TPSA) is 116 Å². The maximum Gasteiger partial charge on any atom is 0.255 e. The molecule has 260 valence electrons. The van der Waals surface area contributed by atoms with Gasteiger partial charge in [-0.15, -0.1) is 0 Å². The fourth-order valence-corrected chi connectivity index (χ4v) is 6.11. The average molecular weight is 673 g/mol. The fourth-order valence-electron chi connectivity index (χ4n) is 6.11. The van der Waals surface area contributed by atoms with E-state index in [9.17, 15) is 19.2 Å². The van der Waals surface area contributed by atoms with Crippen LogP contribution < -0.4 is 21.3 Å². The molecule has 8 heteroatoms. The Labute approximate surface area is 295 Å². The molecule has 4 aromatic carbocycles. The van der Waals surface area contributed by atoms with E-state index in [1.807, 2.05) is 48.5 Å². The van der Waals surface area contributed by atoms with E-state index < -0.39 is 0 Å². The van der Waals surface area contributed by atoms with E-state index in [4.69, 9.17) is 0 Å². The van der Waals surface area contributed by atoms with Crippen molar-refractivity contribution in [2.75, 3.05) is 21.3 Å². The Bertz CT molecular complexity index is 1710. The molecule has 0 unspecified atom stereocenters. The summed E-state index contributed by atoms with van der Waals surface area (Å²) in [7, 11) is 0. The van der Waals surface area contributed by atoms with E-state index in [0.29, 0.717) is 59.6 Å². The smallest absolute Gasteiger partial charge is 0.255 e. The Morgan fingerprint density at radius 3 is 1.06 bits per heavy atom. The standard InChI is InChI=1S/C42H48N4O4/c1-41(2,3)31-21-17-29(18-22-31)39(49)45-35-11-7-9-33(25-35)43-37(47)27-13-15-28(16-14-27)38(48)44-34-10-8-12-36(26-34)46-40(50)30-19-23-32(24-20-30)42(4,5)6/h7-12,17-28H,13-16H2,1-6H3,(H,43,47)(H,44,48)(H,45,49)(H,46,50). The third-order valence-electron chi connectivity index (χ3n) is 9.27. The van der Waals surface area contributed by atoms with Gasteiger partial charge in [-0.2, -0.15) is 0 Å². The summed E-state index contributed by atoms with van der Waals surface area (Å²) in [5.41, 5.74) is 5.81. The molecular weight excluding hydrogens is 624 g/mol. The first-order chi connectivity index (χ1) is 23.7. The molecular formula is C42H48N4O4. The molecule has 0 spiro atoms. The van der Waals surface area contributed by atoms with Crippen molar-refractivity contribution in [3.05, 3.63) is 119 Å². The number of carbonyl (C=O) groups is 4. The Morgan fingerprint density at radius 2 is 0.760 bits per heavy atom. The molecule has 0 aromatic heterocycles. The number of hydrogen-bond acceptors (Lipinski definition) is 4. The zero-order valence-electron chi connectivity index (χ0n) is 29.9. The maximum atomic E-state index is 13.2. The lowest BCUT2D eigenvalue weighted by atomic mass is 9.81. The van der Waals surface area contributed by atoms with Crippen LogP contribution in [0.2, 0.25) is 0 Å². The number of rotatable bonds is 8. The van der Waals surface area contributed by atoms with Crippen LogP contribution in [0, 0.1) is 11.8 Å². The van der Waals surface area contributed by atoms with Gasteiger partial charge in [-0.3, -0.25) is 19.2 Å². The number of amides is 4. The molecule has 0 heterocycles. The summed E-state index contributed by atoms with van der Waals surface area (Å²) in [5, 5.41) is 11.8. The molecule has 1 saturated carbocycles. The number of hydrogen-bond donors (Lipinski definition) is 4. The second kappa shape index (κ2) is 15.1. The minimum Gasteiger partial charge on any atom is -0.326 e. The monoisotopic (exact) mass is 672 g/mol. The number of anilines is 4. The Morgan fingerprint density at radius 1 is 0.460 bits per heavy atom. The first kappa shape index (κ1) is 36.1. The fraction of sp³-hybridized carbons (Fsp3) is 0.333. The first-order valence-corrected chi connectivity index (χ1v) is 17.3. The second-order valence-corrected chi connectivity index (χ2v) is 15.3. The van der Waals surface area contributed by atoms with Crippen LogP contribution in [0.1, 0.15) is 99.1 Å². The molecule has 8 nitrogen and oxygen atoms in total. The third-order valence-corrected chi connectivity index (χ3v) is 9.27. The SMILES string of the molecule is CC(C)(C)c1ccc(C(=O)Nc2cccc(NC(=O)C3CCC(C(=O)Nc4cccc(NC(=O)c5ccc(C(C)(C)C)cc5)c4)CC3)c2)cc1. The molecule has 4 N–H and O–H groups in total. The van der Waals surface area contributed by atoms with Gasteiger partial charge in [0.05, 0.1) is 0 Å². The summed E-state index contributed by atoms with van der Waals surface area (Å²) in [4.78, 5) is 52.0. The van der Waals surface area contributed by atoms with E-state index in [-0.39, 0.29) is 46.3 Å². The second-order valence-electron chi connectivity index (χ2n) is 15.3. The van der Waals surface area contributed by atoms with Crippen molar-refractivity contribution in [1.29, 1.82) is 0 Å². The van der Waals surface area contributed by atoms with Gasteiger partial charge in [-0.05, 0) is 108 Å². The quantitative estimate of drug-likeness (QED) is 0.149. The molecule has 0 saturated heterocycles. The summed E-state index contributed by atoms with van der Waals surface area (Å²) in [6.45, 7) is 12.8. The van der Waals surface area contributed by atoms with Gasteiger partial charge in [-0.1, -0.05) is 77.9 Å². The highest BCUT2D eigenvalue weighted by molar-refractivity contribution is 6.05. The molecule has 0 atom stereocenters. The summed E-state index contributed by atoms with van der Waals surface area (Å²) in [6.07, 6.45) is 2.37. The predicted molar refractivity (Wildman–Crippen MR) is 202 cm³/mol. The lowest BCUT2D eigenvalue weighted by Crippen LogP contribution is -2.32. The summed E-state index contributed by atoms with van der Waals surface area (Å²) >= 11 is 0. The largest absolute Gasteiger partial charge is 0.326 e. The van der Waals surface area contributed by atoms with Crippen LogP contribution in [0.15, 0.2) is 97.1 Å². The van der Waals surface area contributed by atoms with E-state index in [0.717, 1.165) is 11.1 Å². The molecule has 1 aliphatic rings. The van der Waals surface area contributed by atoms with Gasteiger partial charge in [0.15, 0.2) is 0 Å². The molecule has 4 aromatic rings. The highest BCUT2D eigenvalue weighted by Crippen LogP contribution is 2.31. The number of benzene rings is 4. The molecule has 1 fully saturated rings. The highest BCUT2D eigenvalue weighted by Gasteiger charge is 2.30. The predicted octanol–water partition coefficient (Wildman–Crippen LogP) is 9.17. The van der Waals surface area contributed by atoms with Crippen LogP contribution in [0.25, 0.3) is 0 Å². The van der Waals surface area contributed by atoms with Crippen LogP contribution in [-0.2, 0) is 20.4 Å². The molecule has 0 radical (unpaired) electrons. The number of nitrogens with one attached hydrogen (secondary N) is 4. The first-order valence-electron chi connectivity index (χ1n) is 17.3. The summed E-state index contributed by atoms with van der Waals surface area (Å²) < 4.78 is 0. The minimum atomic E-state index is -0.219. The zero-order chi connectivity index (χ0) is 36.1. The molecule has 4 amide bonds. The molecule has 1 aliphatic carbocycles. The van der Waals surface area contributed by atoms with Crippen LogP contribution in [0.3, 0.4) is 0 Å². The van der Waals surface area contributed by atoms with E-state index >= 15 is 0 Å². The van der Waals surface area contributed by atoms with Gasteiger partial charge in [0.25, 0.3) is 11.8 Å². The molecule has 5 rings (SSSR count). The van der Waals surface area contributed by atoms with Crippen LogP contribution in [0.4, 0.5) is 22.7 Å². The van der Waals surface area contributed by atoms with Crippen LogP contribution >= 0.6 is 0 Å². The van der Waals surface area contributed by atoms with Gasteiger partial charge >= 0.3 is 0 Å². The lowest BCUT2D eigenvalue weighted by molar-refractivity contribution is -0.125. The molecule has 50 heavy (non-hydrogen) atoms. The normalized spacial score (nSPS) is 16.2. The van der Waals surface area contributed by atoms with Crippen molar-refractivity contribution in [3.8, 4) is 0 Å². The Kier molecular flexibility index (Phi) is 10.9. The van der Waals surface area contributed by atoms with Crippen LogP contribution in [0.5, 0.6) is 0 Å². The summed E-state index contributed by atoms with van der Waals surface area (Å²) in [6, 6.07) is 29.4. The summed E-state index contributed by atoms with van der Waals surface area (Å²) in [5.74, 6) is -1.06. The van der Waals surface area contributed by atoms with Crippen molar-refractivity contribution >= 4 is 46.4 Å². The van der Waals surface area contributed by atoms with Crippen molar-refractivity contribution in [2.24, 2.45) is 11.8 Å². The van der Waals surface area contributed by atoms with E-state index in [1.165, 1.54) is 0 Å². The van der Waals surface area contributed by atoms with E-state index in [1.54, 1.807) is 48.5 Å². The van der Waals surface area contributed by atoms with Crippen molar-refractivity contribution in [3.63, 3.8) is 0 Å². The maximum absolute atomic E-state index is 13.2. The minimum absolute atomic E-state index is 0.00200. The zero-order valence-corrected chi connectivity index (χ0v) is 29.9. The van der Waals surface area contributed by atoms with Gasteiger partial charge in [-0.25, -0.2) is 0 Å². The Hall–Kier alpha value is -5.24. The molecule has 0 bridgehead atoms. The van der Waals surface area contributed by atoms with Gasteiger partial charge in [0.1, 0.15) is 0 Å². The van der Waals surface area contributed by atoms with Gasteiger partial charge in [0, 0.05) is 45.7 Å². The van der Waals surface area contributed by atoms with Crippen molar-refractivity contribution < 1.29 is 19.2 Å². The van der Waals surface area contributed by atoms with Crippen molar-refractivity contribution in [2.45, 2.75) is 78.1 Å². The average Bonchev–Trinajstić information content (AvgIpc) is 3.08. The van der Waals surface area contributed by atoms with Gasteiger partial charge < -0.3 is 21.3 Å². The molecule has 0 aliphatic heterocycles. The number of carbonyl (C=O) groups excluding carboxylic acids is 4. The van der Waals surface area contributed by atoms with Crippen LogP contribution in [-0.4, -0.2) is 23.6 Å². The third kappa shape index (κ3) is 9.47. The van der Waals surface area contributed by atoms with Gasteiger partial charge in [0.2, 0.25) is 11.8 Å². The van der Waals surface area contributed by atoms with Crippen molar-refractivity contribution in [1.82, 2.24) is 0 Å². The highest BCUT2D eigenvalue weighted by atomic mass is 16.2. The van der Waals surface area contributed by atoms with E-state index in [2.05, 4.69) is 62.8 Å².